The Morgan fingerprint density at radius 2 is 1.36 bits per heavy atom. The zero-order valence-electron chi connectivity index (χ0n) is 15.5. The summed E-state index contributed by atoms with van der Waals surface area (Å²) in [5, 5.41) is 0. The largest absolute Gasteiger partial charge is 0.310 e. The number of hydrogen-bond donors (Lipinski definition) is 0. The van der Waals surface area contributed by atoms with E-state index in [4.69, 9.17) is 0 Å². The molecular weight excluding hydrogens is 417 g/mol. The highest BCUT2D eigenvalue weighted by Gasteiger charge is 2.24. The summed E-state index contributed by atoms with van der Waals surface area (Å²) in [6, 6.07) is 17.7. The van der Waals surface area contributed by atoms with Gasteiger partial charge in [-0.15, -0.1) is 0 Å². The van der Waals surface area contributed by atoms with Crippen molar-refractivity contribution in [2.75, 3.05) is 9.33 Å². The third-order valence-electron chi connectivity index (χ3n) is 4.77. The van der Waals surface area contributed by atoms with Crippen LogP contribution < -0.4 is 4.90 Å². The van der Waals surface area contributed by atoms with Crippen LogP contribution in [0.25, 0.3) is 0 Å². The van der Waals surface area contributed by atoms with E-state index in [0.717, 1.165) is 10.8 Å². The highest BCUT2D eigenvalue weighted by atomic mass is 127. The zero-order valence-corrected chi connectivity index (χ0v) is 17.7. The van der Waals surface area contributed by atoms with E-state index in [1.807, 2.05) is 0 Å². The van der Waals surface area contributed by atoms with Gasteiger partial charge in [0.2, 0.25) is 0 Å². The molecule has 0 spiro atoms. The van der Waals surface area contributed by atoms with Gasteiger partial charge in [-0.1, -0.05) is 71.0 Å². The van der Waals surface area contributed by atoms with Crippen molar-refractivity contribution in [1.29, 1.82) is 0 Å². The Bertz CT molecular complexity index is 751. The molecule has 0 aromatic heterocycles. The molecule has 1 aliphatic carbocycles. The van der Waals surface area contributed by atoms with Crippen LogP contribution >= 0.6 is 22.6 Å². The van der Waals surface area contributed by atoms with E-state index in [2.05, 4.69) is 110 Å². The van der Waals surface area contributed by atoms with E-state index in [0.29, 0.717) is 5.92 Å². The number of anilines is 2. The Hall–Kier alpha value is -1.55. The summed E-state index contributed by atoms with van der Waals surface area (Å²) in [7, 11) is 0. The average Bonchev–Trinajstić information content (AvgIpc) is 2.59. The van der Waals surface area contributed by atoms with Crippen LogP contribution in [0, 0.1) is 19.8 Å². The van der Waals surface area contributed by atoms with E-state index in [-0.39, 0.29) is 0 Å². The normalized spacial score (nSPS) is 17.5. The molecule has 0 heterocycles. The molecule has 1 atom stereocenters. The predicted molar refractivity (Wildman–Crippen MR) is 118 cm³/mol. The van der Waals surface area contributed by atoms with Crippen LogP contribution in [-0.2, 0) is 0 Å². The van der Waals surface area contributed by atoms with Crippen LogP contribution in [-0.4, -0.2) is 4.43 Å². The summed E-state index contributed by atoms with van der Waals surface area (Å²) >= 11 is 2.50. The lowest BCUT2D eigenvalue weighted by Crippen LogP contribution is -2.23. The van der Waals surface area contributed by atoms with Crippen LogP contribution in [0.4, 0.5) is 11.4 Å². The van der Waals surface area contributed by atoms with Crippen LogP contribution in [0.5, 0.6) is 0 Å². The maximum absolute atomic E-state index is 2.50. The first-order chi connectivity index (χ1) is 12.0. The van der Waals surface area contributed by atoms with Crippen molar-refractivity contribution in [2.24, 2.45) is 5.92 Å². The second-order valence-electron chi connectivity index (χ2n) is 7.14. The van der Waals surface area contributed by atoms with Gasteiger partial charge in [0.1, 0.15) is 0 Å². The van der Waals surface area contributed by atoms with E-state index >= 15 is 0 Å². The number of rotatable bonds is 4. The number of halogens is 1. The summed E-state index contributed by atoms with van der Waals surface area (Å²) in [5.41, 5.74) is 9.34. The molecule has 2 aromatic rings. The summed E-state index contributed by atoms with van der Waals surface area (Å²) in [6.07, 6.45) is 3.58. The van der Waals surface area contributed by atoms with Crippen molar-refractivity contribution in [1.82, 2.24) is 0 Å². The maximum atomic E-state index is 2.50. The van der Waals surface area contributed by atoms with Gasteiger partial charge in [0.15, 0.2) is 0 Å². The van der Waals surface area contributed by atoms with Gasteiger partial charge < -0.3 is 4.90 Å². The van der Waals surface area contributed by atoms with E-state index in [1.165, 1.54) is 39.3 Å². The summed E-state index contributed by atoms with van der Waals surface area (Å²) < 4.78 is 1.03. The molecule has 0 radical (unpaired) electrons. The van der Waals surface area contributed by atoms with Crippen LogP contribution in [0.2, 0.25) is 0 Å². The van der Waals surface area contributed by atoms with Crippen LogP contribution in [0.15, 0.2) is 71.5 Å². The van der Waals surface area contributed by atoms with Gasteiger partial charge in [-0.2, -0.15) is 0 Å². The minimum absolute atomic E-state index is 0.617. The minimum atomic E-state index is 0.617. The molecule has 0 fully saturated rings. The Kier molecular flexibility index (Phi) is 5.67. The monoisotopic (exact) mass is 443 g/mol. The zero-order chi connectivity index (χ0) is 18.0. The molecule has 2 aromatic carbocycles. The van der Waals surface area contributed by atoms with Crippen LogP contribution in [0.3, 0.4) is 0 Å². The fourth-order valence-electron chi connectivity index (χ4n) is 3.57. The molecule has 1 nitrogen and oxygen atoms in total. The molecule has 0 amide bonds. The second-order valence-corrected chi connectivity index (χ2v) is 7.91. The Morgan fingerprint density at radius 1 is 0.880 bits per heavy atom. The maximum Gasteiger partial charge on any atom is 0.0487 e. The van der Waals surface area contributed by atoms with Gasteiger partial charge >= 0.3 is 0 Å². The van der Waals surface area contributed by atoms with Crippen molar-refractivity contribution in [3.8, 4) is 0 Å². The topological polar surface area (TPSA) is 3.24 Å². The van der Waals surface area contributed by atoms with Gasteiger partial charge in [-0.25, -0.2) is 0 Å². The van der Waals surface area contributed by atoms with E-state index in [9.17, 15) is 0 Å². The lowest BCUT2D eigenvalue weighted by atomic mass is 9.89. The molecule has 0 saturated heterocycles. The first-order valence-electron chi connectivity index (χ1n) is 8.90. The number of hydrogen-bond acceptors (Lipinski definition) is 1. The van der Waals surface area contributed by atoms with Crippen LogP contribution in [0.1, 0.15) is 31.4 Å². The summed E-state index contributed by atoms with van der Waals surface area (Å²) in [6.45, 7) is 8.89. The van der Waals surface area contributed by atoms with Gasteiger partial charge in [0.05, 0.1) is 0 Å². The minimum Gasteiger partial charge on any atom is -0.310 e. The number of benzene rings is 2. The first kappa shape index (κ1) is 18.2. The van der Waals surface area contributed by atoms with Crippen molar-refractivity contribution in [3.05, 3.63) is 82.6 Å². The third-order valence-corrected chi connectivity index (χ3v) is 5.60. The van der Waals surface area contributed by atoms with Gasteiger partial charge in [0.25, 0.3) is 0 Å². The molecular formula is C23H26IN. The molecule has 3 rings (SSSR count). The SMILES string of the molecule is CC1=C(N(c2ccc(C)cc2)c2ccc(C)cc2)C(CI)=CC(C)C1. The fraction of sp³-hybridized carbons (Fsp3) is 0.304. The molecule has 0 N–H and O–H groups in total. The highest BCUT2D eigenvalue weighted by Crippen LogP contribution is 2.39. The summed E-state index contributed by atoms with van der Waals surface area (Å²) in [4.78, 5) is 2.44. The molecule has 1 unspecified atom stereocenters. The molecule has 130 valence electrons. The molecule has 0 aliphatic heterocycles. The van der Waals surface area contributed by atoms with Gasteiger partial charge in [0, 0.05) is 21.5 Å². The average molecular weight is 443 g/mol. The first-order valence-corrected chi connectivity index (χ1v) is 10.4. The molecule has 1 aliphatic rings. The van der Waals surface area contributed by atoms with Crippen molar-refractivity contribution in [2.45, 2.75) is 34.1 Å². The fourth-order valence-corrected chi connectivity index (χ4v) is 4.19. The van der Waals surface area contributed by atoms with Gasteiger partial charge in [-0.3, -0.25) is 0 Å². The highest BCUT2D eigenvalue weighted by molar-refractivity contribution is 14.1. The predicted octanol–water partition coefficient (Wildman–Crippen LogP) is 7.12. The number of alkyl halides is 1. The lowest BCUT2D eigenvalue weighted by Gasteiger charge is -2.34. The third kappa shape index (κ3) is 4.00. The van der Waals surface area contributed by atoms with Crippen molar-refractivity contribution < 1.29 is 0 Å². The Labute approximate surface area is 165 Å². The standard InChI is InChI=1S/C23H26IN/c1-16-5-9-21(10-6-16)25(22-11-7-17(2)8-12-22)23-19(4)13-18(3)14-20(23)15-24/h5-12,14,18H,13,15H2,1-4H3. The van der Waals surface area contributed by atoms with E-state index in [1.54, 1.807) is 0 Å². The summed E-state index contributed by atoms with van der Waals surface area (Å²) in [5.74, 6) is 0.617. The molecule has 2 heteroatoms. The number of allylic oxidation sites excluding steroid dienone is 3. The molecule has 25 heavy (non-hydrogen) atoms. The smallest absolute Gasteiger partial charge is 0.0487 e. The molecule has 0 saturated carbocycles. The number of aryl methyl sites for hydroxylation is 2. The number of nitrogens with zero attached hydrogens (tertiary/aromatic N) is 1. The Morgan fingerprint density at radius 3 is 1.80 bits per heavy atom. The van der Waals surface area contributed by atoms with Gasteiger partial charge in [-0.05, 0) is 68.5 Å². The van der Waals surface area contributed by atoms with Crippen molar-refractivity contribution >= 4 is 34.0 Å². The van der Waals surface area contributed by atoms with E-state index < -0.39 is 0 Å². The molecule has 0 bridgehead atoms. The quantitative estimate of drug-likeness (QED) is 0.359. The lowest BCUT2D eigenvalue weighted by molar-refractivity contribution is 0.688. The Balaban J connectivity index is 2.17. The second kappa shape index (κ2) is 7.77. The van der Waals surface area contributed by atoms with Crippen molar-refractivity contribution in [3.63, 3.8) is 0 Å².